The number of oxazole rings is 1. The first-order chi connectivity index (χ1) is 15.9. The van der Waals surface area contributed by atoms with Crippen LogP contribution in [0.15, 0.2) is 34.9 Å². The number of benzene rings is 1. The lowest BCUT2D eigenvalue weighted by molar-refractivity contribution is 0.141. The first-order valence-corrected chi connectivity index (χ1v) is 11.4. The molecule has 1 spiro atoms. The van der Waals surface area contributed by atoms with E-state index in [9.17, 15) is 8.78 Å². The minimum absolute atomic E-state index is 0.132. The lowest BCUT2D eigenvalue weighted by Crippen LogP contribution is -2.39. The zero-order valence-corrected chi connectivity index (χ0v) is 18.8. The van der Waals surface area contributed by atoms with E-state index in [2.05, 4.69) is 26.9 Å². The van der Waals surface area contributed by atoms with Crippen LogP contribution in [0.4, 0.5) is 14.8 Å². The maximum Gasteiger partial charge on any atom is 0.298 e. The van der Waals surface area contributed by atoms with E-state index in [1.165, 1.54) is 23.4 Å². The molecule has 4 aromatic rings. The van der Waals surface area contributed by atoms with Gasteiger partial charge in [0.15, 0.2) is 11.2 Å². The molecule has 2 aliphatic heterocycles. The molecule has 0 unspecified atom stereocenters. The van der Waals surface area contributed by atoms with E-state index >= 15 is 0 Å². The van der Waals surface area contributed by atoms with Gasteiger partial charge in [-0.25, -0.2) is 18.3 Å². The molecule has 0 N–H and O–H groups in total. The Bertz CT molecular complexity index is 1340. The molecule has 0 aliphatic carbocycles. The summed E-state index contributed by atoms with van der Waals surface area (Å²) < 4.78 is 34.9. The summed E-state index contributed by atoms with van der Waals surface area (Å²) in [4.78, 5) is 13.5. The minimum Gasteiger partial charge on any atom is -0.423 e. The summed E-state index contributed by atoms with van der Waals surface area (Å²) in [6.45, 7) is 5.95. The maximum absolute atomic E-state index is 13.7. The zero-order chi connectivity index (χ0) is 22.7. The summed E-state index contributed by atoms with van der Waals surface area (Å²) in [5, 5.41) is 4.51. The minimum atomic E-state index is -2.64. The van der Waals surface area contributed by atoms with E-state index in [0.29, 0.717) is 34.0 Å². The van der Waals surface area contributed by atoms with Gasteiger partial charge in [0, 0.05) is 18.7 Å². The third kappa shape index (κ3) is 3.55. The molecule has 2 aliphatic rings. The van der Waals surface area contributed by atoms with Crippen molar-refractivity contribution < 1.29 is 13.2 Å². The molecule has 0 bridgehead atoms. The van der Waals surface area contributed by atoms with Gasteiger partial charge in [0.05, 0.1) is 23.1 Å². The zero-order valence-electron chi connectivity index (χ0n) is 18.8. The smallest absolute Gasteiger partial charge is 0.298 e. The first-order valence-electron chi connectivity index (χ1n) is 11.4. The first kappa shape index (κ1) is 20.5. The quantitative estimate of drug-likeness (QED) is 0.449. The normalized spacial score (nSPS) is 19.0. The Labute approximate surface area is 190 Å². The molecular weight excluding hydrogens is 426 g/mol. The fraction of sp³-hybridized carbons (Fsp3) is 0.458. The highest BCUT2D eigenvalue weighted by molar-refractivity contribution is 5.81. The van der Waals surface area contributed by atoms with Crippen LogP contribution in [0.2, 0.25) is 0 Å². The van der Waals surface area contributed by atoms with Crippen LogP contribution in [-0.4, -0.2) is 57.7 Å². The number of likely N-dealkylation sites (tertiary alicyclic amines) is 1. The number of hydrogen-bond donors (Lipinski definition) is 0. The second kappa shape index (κ2) is 7.48. The number of alkyl halides is 2. The van der Waals surface area contributed by atoms with E-state index in [4.69, 9.17) is 9.40 Å². The number of piperidine rings is 1. The van der Waals surface area contributed by atoms with E-state index in [1.54, 1.807) is 13.1 Å². The van der Waals surface area contributed by atoms with Crippen molar-refractivity contribution in [1.82, 2.24) is 24.5 Å². The Hall–Kier alpha value is -3.07. The van der Waals surface area contributed by atoms with Crippen LogP contribution < -0.4 is 4.90 Å². The van der Waals surface area contributed by atoms with Crippen molar-refractivity contribution in [2.75, 3.05) is 38.1 Å². The molecule has 172 valence electrons. The number of halogens is 2. The maximum atomic E-state index is 13.7. The van der Waals surface area contributed by atoms with E-state index in [1.807, 2.05) is 18.2 Å². The van der Waals surface area contributed by atoms with Gasteiger partial charge in [-0.05, 0) is 69.9 Å². The number of rotatable bonds is 3. The molecule has 2 fully saturated rings. The van der Waals surface area contributed by atoms with Gasteiger partial charge < -0.3 is 14.2 Å². The lowest BCUT2D eigenvalue weighted by Gasteiger charge is -2.37. The number of imidazole rings is 1. The van der Waals surface area contributed by atoms with Crippen LogP contribution in [0.3, 0.4) is 0 Å². The van der Waals surface area contributed by atoms with Crippen LogP contribution in [0, 0.1) is 12.3 Å². The summed E-state index contributed by atoms with van der Waals surface area (Å²) in [5.74, 6) is 0. The second-order valence-corrected chi connectivity index (χ2v) is 9.59. The monoisotopic (exact) mass is 452 g/mol. The molecule has 7 nitrogen and oxygen atoms in total. The highest BCUT2D eigenvalue weighted by Gasteiger charge is 2.41. The molecule has 0 amide bonds. The largest absolute Gasteiger partial charge is 0.423 e. The van der Waals surface area contributed by atoms with Crippen molar-refractivity contribution >= 4 is 22.8 Å². The van der Waals surface area contributed by atoms with E-state index in [0.717, 1.165) is 38.1 Å². The van der Waals surface area contributed by atoms with Crippen LogP contribution in [0.5, 0.6) is 0 Å². The van der Waals surface area contributed by atoms with Gasteiger partial charge in [0.1, 0.15) is 5.52 Å². The highest BCUT2D eigenvalue weighted by atomic mass is 19.3. The molecule has 3 aromatic heterocycles. The van der Waals surface area contributed by atoms with Gasteiger partial charge in [-0.2, -0.15) is 10.1 Å². The predicted molar refractivity (Wildman–Crippen MR) is 122 cm³/mol. The standard InChI is InChI=1S/C24H26F2N6O/c1-15-13-32-22(27-15)17(21(25)26)12-19(29-32)16-3-4-18-20(11-16)33-23(28-18)31-10-7-24(14-31)5-8-30(2)9-6-24/h3-4,11-13,21H,5-10,14H2,1-2H3. The summed E-state index contributed by atoms with van der Waals surface area (Å²) in [5.41, 5.74) is 3.59. The van der Waals surface area contributed by atoms with Crippen molar-refractivity contribution in [2.24, 2.45) is 5.41 Å². The Kier molecular flexibility index (Phi) is 4.65. The fourth-order valence-electron chi connectivity index (χ4n) is 5.22. The molecule has 1 aromatic carbocycles. The number of aromatic nitrogens is 4. The van der Waals surface area contributed by atoms with Gasteiger partial charge in [-0.3, -0.25) is 0 Å². The molecule has 2 saturated heterocycles. The number of aryl methyl sites for hydroxylation is 1. The Morgan fingerprint density at radius 2 is 1.85 bits per heavy atom. The van der Waals surface area contributed by atoms with Gasteiger partial charge in [-0.15, -0.1) is 0 Å². The molecular formula is C24H26F2N6O. The molecule has 0 saturated carbocycles. The van der Waals surface area contributed by atoms with Gasteiger partial charge in [-0.1, -0.05) is 6.07 Å². The molecule has 5 heterocycles. The fourth-order valence-corrected chi connectivity index (χ4v) is 5.22. The van der Waals surface area contributed by atoms with Crippen molar-refractivity contribution in [1.29, 1.82) is 0 Å². The molecule has 0 radical (unpaired) electrons. The molecule has 6 rings (SSSR count). The third-order valence-electron chi connectivity index (χ3n) is 7.24. The summed E-state index contributed by atoms with van der Waals surface area (Å²) in [7, 11) is 2.18. The van der Waals surface area contributed by atoms with Gasteiger partial charge in [0.25, 0.3) is 12.4 Å². The van der Waals surface area contributed by atoms with E-state index < -0.39 is 6.43 Å². The van der Waals surface area contributed by atoms with E-state index in [-0.39, 0.29) is 11.2 Å². The number of hydrogen-bond acceptors (Lipinski definition) is 6. The number of nitrogens with zero attached hydrogens (tertiary/aromatic N) is 6. The van der Waals surface area contributed by atoms with Gasteiger partial charge >= 0.3 is 0 Å². The molecule has 9 heteroatoms. The average molecular weight is 453 g/mol. The Morgan fingerprint density at radius 3 is 2.64 bits per heavy atom. The van der Waals surface area contributed by atoms with Crippen LogP contribution in [0.25, 0.3) is 28.0 Å². The molecule has 0 atom stereocenters. The van der Waals surface area contributed by atoms with Crippen LogP contribution >= 0.6 is 0 Å². The number of anilines is 1. The van der Waals surface area contributed by atoms with Crippen molar-refractivity contribution in [3.8, 4) is 11.3 Å². The highest BCUT2D eigenvalue weighted by Crippen LogP contribution is 2.42. The third-order valence-corrected chi connectivity index (χ3v) is 7.24. The second-order valence-electron chi connectivity index (χ2n) is 9.59. The Balaban J connectivity index is 1.32. The summed E-state index contributed by atoms with van der Waals surface area (Å²) in [6.07, 6.45) is 2.59. The average Bonchev–Trinajstić information content (AvgIpc) is 3.50. The predicted octanol–water partition coefficient (Wildman–Crippen LogP) is 4.71. The van der Waals surface area contributed by atoms with Crippen molar-refractivity contribution in [3.63, 3.8) is 0 Å². The Morgan fingerprint density at radius 1 is 1.06 bits per heavy atom. The molecule has 33 heavy (non-hydrogen) atoms. The van der Waals surface area contributed by atoms with Gasteiger partial charge in [0.2, 0.25) is 0 Å². The summed E-state index contributed by atoms with van der Waals surface area (Å²) in [6, 6.07) is 7.60. The topological polar surface area (TPSA) is 62.7 Å². The lowest BCUT2D eigenvalue weighted by atomic mass is 9.78. The van der Waals surface area contributed by atoms with Crippen LogP contribution in [0.1, 0.15) is 36.9 Å². The van der Waals surface area contributed by atoms with Crippen molar-refractivity contribution in [3.05, 3.63) is 41.7 Å². The van der Waals surface area contributed by atoms with Crippen LogP contribution in [-0.2, 0) is 0 Å². The number of fused-ring (bicyclic) bond motifs is 2. The SMILES string of the molecule is Cc1cn2nc(-c3ccc4nc(N5CCC6(CCN(C)CC6)C5)oc4c3)cc(C(F)F)c2n1. The summed E-state index contributed by atoms with van der Waals surface area (Å²) >= 11 is 0. The van der Waals surface area contributed by atoms with Crippen molar-refractivity contribution in [2.45, 2.75) is 32.6 Å².